The summed E-state index contributed by atoms with van der Waals surface area (Å²) in [7, 11) is 0. The van der Waals surface area contributed by atoms with Crippen LogP contribution in [0, 0.1) is 5.92 Å². The molecule has 2 rings (SSSR count). The molecule has 0 aromatic rings. The van der Waals surface area contributed by atoms with Crippen LogP contribution in [0.3, 0.4) is 0 Å². The first-order valence-corrected chi connectivity index (χ1v) is 5.85. The quantitative estimate of drug-likeness (QED) is 0.663. The SMILES string of the molecule is CC1CN(C(=O)C2COCC2N)C(C)CO1. The van der Waals surface area contributed by atoms with E-state index in [1.54, 1.807) is 0 Å². The Morgan fingerprint density at radius 2 is 2.06 bits per heavy atom. The highest BCUT2D eigenvalue weighted by Gasteiger charge is 2.37. The van der Waals surface area contributed by atoms with Gasteiger partial charge in [-0.2, -0.15) is 0 Å². The Labute approximate surface area is 95.9 Å². The Morgan fingerprint density at radius 3 is 2.69 bits per heavy atom. The summed E-state index contributed by atoms with van der Waals surface area (Å²) in [6.07, 6.45) is 0.110. The van der Waals surface area contributed by atoms with Crippen LogP contribution in [0.4, 0.5) is 0 Å². The molecule has 2 aliphatic rings. The van der Waals surface area contributed by atoms with Crippen LogP contribution in [0.5, 0.6) is 0 Å². The average Bonchev–Trinajstić information content (AvgIpc) is 2.67. The number of carbonyl (C=O) groups excluding carboxylic acids is 1. The van der Waals surface area contributed by atoms with Gasteiger partial charge in [0.15, 0.2) is 0 Å². The van der Waals surface area contributed by atoms with Crippen molar-refractivity contribution >= 4 is 5.91 Å². The lowest BCUT2D eigenvalue weighted by molar-refractivity contribution is -0.147. The molecular formula is C11H20N2O3. The number of carbonyl (C=O) groups is 1. The molecule has 1 amide bonds. The molecule has 5 heteroatoms. The third-order valence-corrected chi connectivity index (χ3v) is 3.33. The van der Waals surface area contributed by atoms with E-state index in [4.69, 9.17) is 15.2 Å². The van der Waals surface area contributed by atoms with Crippen molar-refractivity contribution in [2.24, 2.45) is 11.7 Å². The number of nitrogens with zero attached hydrogens (tertiary/aromatic N) is 1. The summed E-state index contributed by atoms with van der Waals surface area (Å²) in [5, 5.41) is 0. The monoisotopic (exact) mass is 228 g/mol. The van der Waals surface area contributed by atoms with Crippen LogP contribution in [0.1, 0.15) is 13.8 Å². The molecule has 0 aromatic heterocycles. The first-order valence-electron chi connectivity index (χ1n) is 5.85. The molecule has 0 aromatic carbocycles. The molecule has 5 nitrogen and oxygen atoms in total. The predicted octanol–water partition coefficient (Wildman–Crippen LogP) is -0.404. The fourth-order valence-electron chi connectivity index (χ4n) is 2.25. The number of ether oxygens (including phenoxy) is 2. The zero-order chi connectivity index (χ0) is 11.7. The second-order valence-electron chi connectivity index (χ2n) is 4.79. The van der Waals surface area contributed by atoms with Crippen molar-refractivity contribution in [3.8, 4) is 0 Å². The number of hydrogen-bond donors (Lipinski definition) is 1. The van der Waals surface area contributed by atoms with Crippen LogP contribution in [-0.4, -0.2) is 55.4 Å². The van der Waals surface area contributed by atoms with E-state index in [2.05, 4.69) is 0 Å². The fourth-order valence-corrected chi connectivity index (χ4v) is 2.25. The maximum absolute atomic E-state index is 12.3. The molecular weight excluding hydrogens is 208 g/mol. The number of rotatable bonds is 1. The van der Waals surface area contributed by atoms with Gasteiger partial charge in [0.25, 0.3) is 0 Å². The Hall–Kier alpha value is -0.650. The highest BCUT2D eigenvalue weighted by atomic mass is 16.5. The predicted molar refractivity (Wildman–Crippen MR) is 58.9 cm³/mol. The molecule has 0 saturated carbocycles. The Kier molecular flexibility index (Phi) is 3.47. The van der Waals surface area contributed by atoms with Gasteiger partial charge in [-0.25, -0.2) is 0 Å². The van der Waals surface area contributed by atoms with E-state index in [0.29, 0.717) is 26.4 Å². The van der Waals surface area contributed by atoms with Gasteiger partial charge in [0.2, 0.25) is 5.91 Å². The first-order chi connectivity index (χ1) is 7.59. The second kappa shape index (κ2) is 4.69. The minimum absolute atomic E-state index is 0.110. The van der Waals surface area contributed by atoms with E-state index in [9.17, 15) is 4.79 Å². The molecule has 2 heterocycles. The van der Waals surface area contributed by atoms with E-state index in [-0.39, 0.29) is 30.0 Å². The maximum Gasteiger partial charge on any atom is 0.230 e. The molecule has 2 saturated heterocycles. The van der Waals surface area contributed by atoms with Crippen LogP contribution in [0.25, 0.3) is 0 Å². The molecule has 4 unspecified atom stereocenters. The molecule has 2 aliphatic heterocycles. The van der Waals surface area contributed by atoms with E-state index in [1.807, 2.05) is 18.7 Å². The Morgan fingerprint density at radius 1 is 1.31 bits per heavy atom. The van der Waals surface area contributed by atoms with Gasteiger partial charge in [-0.3, -0.25) is 4.79 Å². The maximum atomic E-state index is 12.3. The average molecular weight is 228 g/mol. The van der Waals surface area contributed by atoms with Crippen molar-refractivity contribution in [2.75, 3.05) is 26.4 Å². The van der Waals surface area contributed by atoms with Gasteiger partial charge < -0.3 is 20.1 Å². The second-order valence-corrected chi connectivity index (χ2v) is 4.79. The molecule has 0 aliphatic carbocycles. The lowest BCUT2D eigenvalue weighted by Gasteiger charge is -2.38. The van der Waals surface area contributed by atoms with E-state index < -0.39 is 0 Å². The summed E-state index contributed by atoms with van der Waals surface area (Å²) in [4.78, 5) is 14.2. The Bertz CT molecular complexity index is 272. The van der Waals surface area contributed by atoms with Crippen LogP contribution in [-0.2, 0) is 14.3 Å². The summed E-state index contributed by atoms with van der Waals surface area (Å²) in [5.74, 6) is -0.0552. The summed E-state index contributed by atoms with van der Waals surface area (Å²) in [6.45, 7) is 6.20. The molecule has 0 radical (unpaired) electrons. The largest absolute Gasteiger partial charge is 0.379 e. The smallest absolute Gasteiger partial charge is 0.230 e. The lowest BCUT2D eigenvalue weighted by atomic mass is 10.0. The highest BCUT2D eigenvalue weighted by molar-refractivity contribution is 5.80. The first kappa shape index (κ1) is 11.8. The summed E-state index contributed by atoms with van der Waals surface area (Å²) < 4.78 is 10.7. The molecule has 2 fully saturated rings. The topological polar surface area (TPSA) is 64.8 Å². The van der Waals surface area contributed by atoms with Crippen LogP contribution < -0.4 is 5.73 Å². The van der Waals surface area contributed by atoms with Gasteiger partial charge in [-0.1, -0.05) is 0 Å². The van der Waals surface area contributed by atoms with Crippen LogP contribution in [0.2, 0.25) is 0 Å². The summed E-state index contributed by atoms with van der Waals surface area (Å²) >= 11 is 0. The summed E-state index contributed by atoms with van der Waals surface area (Å²) in [6, 6.07) is -0.0191. The van der Waals surface area contributed by atoms with Crippen LogP contribution in [0.15, 0.2) is 0 Å². The number of nitrogens with two attached hydrogens (primary N) is 1. The van der Waals surface area contributed by atoms with Crippen LogP contribution >= 0.6 is 0 Å². The molecule has 0 bridgehead atoms. The van der Waals surface area contributed by atoms with Crippen molar-refractivity contribution in [1.82, 2.24) is 4.90 Å². The molecule has 2 N–H and O–H groups in total. The molecule has 92 valence electrons. The lowest BCUT2D eigenvalue weighted by Crippen LogP contribution is -2.54. The third kappa shape index (κ3) is 2.21. The van der Waals surface area contributed by atoms with Crippen molar-refractivity contribution < 1.29 is 14.3 Å². The van der Waals surface area contributed by atoms with Gasteiger partial charge in [0, 0.05) is 12.6 Å². The van der Waals surface area contributed by atoms with Gasteiger partial charge in [-0.15, -0.1) is 0 Å². The number of morpholine rings is 1. The van der Waals surface area contributed by atoms with Gasteiger partial charge in [-0.05, 0) is 13.8 Å². The van der Waals surface area contributed by atoms with E-state index in [0.717, 1.165) is 0 Å². The fraction of sp³-hybridized carbons (Fsp3) is 0.909. The Balaban J connectivity index is 2.02. The van der Waals surface area contributed by atoms with Crippen molar-refractivity contribution in [2.45, 2.75) is 32.0 Å². The minimum atomic E-state index is -0.173. The molecule has 16 heavy (non-hydrogen) atoms. The van der Waals surface area contributed by atoms with Crippen molar-refractivity contribution in [3.63, 3.8) is 0 Å². The standard InChI is InChI=1S/C11H20N2O3/c1-7-4-16-8(2)3-13(7)11(14)9-5-15-6-10(9)12/h7-10H,3-6,12H2,1-2H3. The zero-order valence-corrected chi connectivity index (χ0v) is 9.89. The van der Waals surface area contributed by atoms with Gasteiger partial charge in [0.1, 0.15) is 0 Å². The van der Waals surface area contributed by atoms with Crippen molar-refractivity contribution in [3.05, 3.63) is 0 Å². The van der Waals surface area contributed by atoms with Gasteiger partial charge in [0.05, 0.1) is 37.9 Å². The zero-order valence-electron chi connectivity index (χ0n) is 9.89. The van der Waals surface area contributed by atoms with E-state index in [1.165, 1.54) is 0 Å². The molecule has 0 spiro atoms. The molecule has 4 atom stereocenters. The highest BCUT2D eigenvalue weighted by Crippen LogP contribution is 2.19. The third-order valence-electron chi connectivity index (χ3n) is 3.33. The van der Waals surface area contributed by atoms with E-state index >= 15 is 0 Å². The van der Waals surface area contributed by atoms with Crippen molar-refractivity contribution in [1.29, 1.82) is 0 Å². The minimum Gasteiger partial charge on any atom is -0.379 e. The number of hydrogen-bond acceptors (Lipinski definition) is 4. The number of amides is 1. The summed E-state index contributed by atoms with van der Waals surface area (Å²) in [5.41, 5.74) is 5.86. The normalized spacial score (nSPS) is 40.1. The van der Waals surface area contributed by atoms with Gasteiger partial charge >= 0.3 is 0 Å².